The molecule has 0 saturated carbocycles. The van der Waals surface area contributed by atoms with E-state index >= 15 is 0 Å². The summed E-state index contributed by atoms with van der Waals surface area (Å²) >= 11 is 0. The maximum atomic E-state index is 13.7. The molecule has 2 N–H and O–H groups in total. The molecule has 12 nitrogen and oxygen atoms in total. The highest BCUT2D eigenvalue weighted by atomic mass is 16.5. The Balaban J connectivity index is 1.38. The van der Waals surface area contributed by atoms with Gasteiger partial charge in [0.15, 0.2) is 23.0 Å². The molecule has 0 bridgehead atoms. The zero-order chi connectivity index (χ0) is 40.8. The first-order valence-corrected chi connectivity index (χ1v) is 18.1. The second-order valence-electron chi connectivity index (χ2n) is 12.9. The number of ether oxygens (including phenoxy) is 6. The summed E-state index contributed by atoms with van der Waals surface area (Å²) in [4.78, 5) is 38.0. The Labute approximate surface area is 334 Å². The molecule has 12 heteroatoms. The number of methoxy groups -OCH3 is 6. The van der Waals surface area contributed by atoms with E-state index in [2.05, 4.69) is 10.6 Å². The average molecular weight is 777 g/mol. The first kappa shape index (κ1) is 38.7. The highest BCUT2D eigenvalue weighted by molar-refractivity contribution is 6.06. The highest BCUT2D eigenvalue weighted by Gasteiger charge is 2.20. The molecule has 0 aliphatic carbocycles. The van der Waals surface area contributed by atoms with Crippen molar-refractivity contribution in [2.24, 2.45) is 9.98 Å². The van der Waals surface area contributed by atoms with Gasteiger partial charge in [-0.25, -0.2) is 9.98 Å². The van der Waals surface area contributed by atoms with E-state index in [1.165, 1.54) is 42.7 Å². The number of nitrogens with zero attached hydrogens (tertiary/aromatic N) is 2. The van der Waals surface area contributed by atoms with Crippen LogP contribution in [0.25, 0.3) is 11.4 Å². The molecule has 0 unspecified atom stereocenters. The third-order valence-corrected chi connectivity index (χ3v) is 9.43. The summed E-state index contributed by atoms with van der Waals surface area (Å²) in [5.41, 5.74) is 4.58. The maximum absolute atomic E-state index is 13.7. The lowest BCUT2D eigenvalue weighted by molar-refractivity contribution is 0.101. The van der Waals surface area contributed by atoms with Crippen LogP contribution in [0.1, 0.15) is 31.8 Å². The lowest BCUT2D eigenvalue weighted by Crippen LogP contribution is -2.35. The largest absolute Gasteiger partial charge is 0.493 e. The Morgan fingerprint density at radius 1 is 0.431 bits per heavy atom. The molecule has 292 valence electrons. The van der Waals surface area contributed by atoms with E-state index in [4.69, 9.17) is 38.4 Å². The van der Waals surface area contributed by atoms with Crippen molar-refractivity contribution >= 4 is 34.6 Å². The van der Waals surface area contributed by atoms with E-state index in [1.54, 1.807) is 36.4 Å². The van der Waals surface area contributed by atoms with Crippen molar-refractivity contribution in [1.29, 1.82) is 0 Å². The Bertz CT molecular complexity index is 2550. The van der Waals surface area contributed by atoms with Gasteiger partial charge in [-0.3, -0.25) is 9.59 Å². The maximum Gasteiger partial charge on any atom is 0.255 e. The van der Waals surface area contributed by atoms with E-state index in [-0.39, 0.29) is 11.8 Å². The molecule has 6 aromatic carbocycles. The van der Waals surface area contributed by atoms with Crippen LogP contribution in [0.5, 0.6) is 34.5 Å². The molecule has 1 heterocycles. The number of nitrogens with one attached hydrogen (secondary N) is 2. The van der Waals surface area contributed by atoms with Gasteiger partial charge in [-0.15, -0.1) is 0 Å². The van der Waals surface area contributed by atoms with Crippen molar-refractivity contribution in [1.82, 2.24) is 0 Å². The van der Waals surface area contributed by atoms with Gasteiger partial charge in [0.25, 0.3) is 11.8 Å². The fraction of sp³-hybridized carbons (Fsp3) is 0.130. The number of anilines is 2. The van der Waals surface area contributed by atoms with Crippen LogP contribution in [-0.4, -0.2) is 54.5 Å². The number of fused-ring (bicyclic) bond motifs is 2. The lowest BCUT2D eigenvalue weighted by Gasteiger charge is -2.15. The molecule has 7 rings (SSSR count). The Morgan fingerprint density at radius 3 is 1.09 bits per heavy atom. The summed E-state index contributed by atoms with van der Waals surface area (Å²) in [5.74, 6) is 1.41. The van der Waals surface area contributed by atoms with Crippen LogP contribution >= 0.6 is 0 Å². The number of carbonyl (C=O) groups is 2. The minimum atomic E-state index is -0.386. The molecule has 0 fully saturated rings. The molecular weight excluding hydrogens is 737 g/mol. The van der Waals surface area contributed by atoms with Gasteiger partial charge in [0.1, 0.15) is 0 Å². The molecule has 0 atom stereocenters. The summed E-state index contributed by atoms with van der Waals surface area (Å²) in [5, 5.41) is 8.65. The van der Waals surface area contributed by atoms with Gasteiger partial charge in [0, 0.05) is 44.1 Å². The van der Waals surface area contributed by atoms with E-state index in [0.717, 1.165) is 11.1 Å². The molecule has 6 aromatic rings. The van der Waals surface area contributed by atoms with Crippen LogP contribution in [0.3, 0.4) is 0 Å². The standard InChI is InChI=1S/C46H40N4O8/c1-53-37-21-29(22-38(54-2)43(37)57-5)45(51)47-31-17-19-35-33(25-31)41(27-13-9-7-10-14-27)50-36-20-18-32(26-34(36)42(49-35)28-15-11-8-12-16-28)48-46(52)30-23-39(55-3)44(58-6)40(24-30)56-4/h7-26H,1-6H3,(H,47,51)(H,48,52)/b41-33-,42-34-,49-35+,49-42?,50-36+,50-41?. The van der Waals surface area contributed by atoms with Crippen molar-refractivity contribution in [2.75, 3.05) is 53.3 Å². The van der Waals surface area contributed by atoms with Crippen LogP contribution in [0.2, 0.25) is 0 Å². The van der Waals surface area contributed by atoms with Gasteiger partial charge in [0.05, 0.1) is 64.8 Å². The second-order valence-corrected chi connectivity index (χ2v) is 12.9. The van der Waals surface area contributed by atoms with Crippen LogP contribution < -0.4 is 60.2 Å². The Hall–Kier alpha value is -7.60. The first-order valence-electron chi connectivity index (χ1n) is 18.1. The number of rotatable bonds is 12. The molecular formula is C46H40N4O8. The van der Waals surface area contributed by atoms with Crippen molar-refractivity contribution in [2.45, 2.75) is 0 Å². The predicted octanol–water partition coefficient (Wildman–Crippen LogP) is 5.51. The number of benzene rings is 6. The summed E-state index contributed by atoms with van der Waals surface area (Å²) < 4.78 is 32.8. The molecule has 0 spiro atoms. The summed E-state index contributed by atoms with van der Waals surface area (Å²) in [6.07, 6.45) is 0. The lowest BCUT2D eigenvalue weighted by atomic mass is 10.0. The van der Waals surface area contributed by atoms with Gasteiger partial charge in [-0.1, -0.05) is 60.7 Å². The normalized spacial score (nSPS) is 14.7. The van der Waals surface area contributed by atoms with Crippen LogP contribution in [0.15, 0.2) is 131 Å². The van der Waals surface area contributed by atoms with E-state index in [0.29, 0.717) is 89.5 Å². The average Bonchev–Trinajstić information content (AvgIpc) is 3.26. The van der Waals surface area contributed by atoms with Gasteiger partial charge < -0.3 is 39.1 Å². The fourth-order valence-electron chi connectivity index (χ4n) is 6.63. The third-order valence-electron chi connectivity index (χ3n) is 9.43. The van der Waals surface area contributed by atoms with Crippen molar-refractivity contribution in [3.05, 3.63) is 165 Å². The quantitative estimate of drug-likeness (QED) is 0.166. The SMILES string of the molecule is COc1cc(C(=O)Nc2ccc3/c(c2)=C(c2ccccc2)\N=c2/ccc(NC(=O)c4cc(OC)c(OC)c(OC)c4)c/c2=C(c2ccccc2)/N=3)cc(OC)c1OC. The highest BCUT2D eigenvalue weighted by Crippen LogP contribution is 2.39. The molecule has 0 saturated heterocycles. The van der Waals surface area contributed by atoms with Crippen LogP contribution in [-0.2, 0) is 0 Å². The van der Waals surface area contributed by atoms with Gasteiger partial charge >= 0.3 is 0 Å². The zero-order valence-electron chi connectivity index (χ0n) is 32.7. The van der Waals surface area contributed by atoms with E-state index < -0.39 is 0 Å². The van der Waals surface area contributed by atoms with E-state index in [1.807, 2.05) is 84.9 Å². The smallest absolute Gasteiger partial charge is 0.255 e. The van der Waals surface area contributed by atoms with Crippen molar-refractivity contribution in [3.8, 4) is 34.5 Å². The minimum absolute atomic E-state index is 0.310. The number of carbonyl (C=O) groups excluding carboxylic acids is 2. The molecule has 1 aliphatic heterocycles. The fourth-order valence-corrected chi connectivity index (χ4v) is 6.63. The zero-order valence-corrected chi connectivity index (χ0v) is 32.7. The summed E-state index contributed by atoms with van der Waals surface area (Å²) in [6, 6.07) is 36.9. The minimum Gasteiger partial charge on any atom is -0.493 e. The molecule has 0 radical (unpaired) electrons. The van der Waals surface area contributed by atoms with Gasteiger partial charge in [0.2, 0.25) is 11.5 Å². The molecule has 0 aromatic heterocycles. The Morgan fingerprint density at radius 2 is 0.776 bits per heavy atom. The molecule has 58 heavy (non-hydrogen) atoms. The van der Waals surface area contributed by atoms with E-state index in [9.17, 15) is 9.59 Å². The molecule has 2 amide bonds. The second kappa shape index (κ2) is 17.0. The molecule has 1 aliphatic rings. The summed E-state index contributed by atoms with van der Waals surface area (Å²) in [7, 11) is 8.99. The number of amides is 2. The topological polar surface area (TPSA) is 138 Å². The Kier molecular flexibility index (Phi) is 11.4. The number of hydrogen-bond acceptors (Lipinski definition) is 10. The van der Waals surface area contributed by atoms with Gasteiger partial charge in [-0.05, 0) is 60.7 Å². The van der Waals surface area contributed by atoms with Crippen molar-refractivity contribution < 1.29 is 38.0 Å². The monoisotopic (exact) mass is 776 g/mol. The summed E-state index contributed by atoms with van der Waals surface area (Å²) in [6.45, 7) is 0. The van der Waals surface area contributed by atoms with Crippen LogP contribution in [0.4, 0.5) is 11.4 Å². The van der Waals surface area contributed by atoms with Gasteiger partial charge in [-0.2, -0.15) is 0 Å². The first-order chi connectivity index (χ1) is 28.3. The van der Waals surface area contributed by atoms with Crippen molar-refractivity contribution in [3.63, 3.8) is 0 Å². The number of hydrogen-bond donors (Lipinski definition) is 2. The predicted molar refractivity (Wildman–Crippen MR) is 220 cm³/mol. The third kappa shape index (κ3) is 7.76. The van der Waals surface area contributed by atoms with Crippen LogP contribution in [0, 0.1) is 0 Å².